The van der Waals surface area contributed by atoms with E-state index in [2.05, 4.69) is 10.3 Å². The quantitative estimate of drug-likeness (QED) is 0.786. The van der Waals surface area contributed by atoms with Crippen molar-refractivity contribution in [3.05, 3.63) is 17.2 Å². The lowest BCUT2D eigenvalue weighted by Gasteiger charge is -2.40. The minimum atomic E-state index is -9.89. The van der Waals surface area contributed by atoms with E-state index in [0.29, 0.717) is 0 Å². The van der Waals surface area contributed by atoms with E-state index in [1.54, 1.807) is 0 Å². The molecular formula is C10H9ClF5N3O2S. The lowest BCUT2D eigenvalue weighted by Crippen LogP contribution is -2.32. The molecule has 12 heteroatoms. The predicted octanol–water partition coefficient (Wildman–Crippen LogP) is 4.42. The molecule has 1 aromatic heterocycles. The third-order valence-corrected chi connectivity index (χ3v) is 4.04. The Bertz CT molecular complexity index is 776. The number of anilines is 1. The maximum absolute atomic E-state index is 12.8. The molecule has 0 fully saturated rings. The largest absolute Gasteiger partial charge is 0.422 e. The SMILES string of the molecule is C[C@H](Nc1nc2cc(S(F)(F)(F)(F)F)cc(Cl)c2o1)C(N)=O. The number of aromatic nitrogens is 1. The number of benzene rings is 1. The van der Waals surface area contributed by atoms with Gasteiger partial charge in [0.05, 0.1) is 5.02 Å². The number of hydrogen-bond acceptors (Lipinski definition) is 4. The Labute approximate surface area is 125 Å². The van der Waals surface area contributed by atoms with Crippen LogP contribution in [0.5, 0.6) is 0 Å². The molecule has 0 saturated carbocycles. The summed E-state index contributed by atoms with van der Waals surface area (Å²) in [6.07, 6.45) is 0. The number of nitrogens with one attached hydrogen (secondary N) is 1. The summed E-state index contributed by atoms with van der Waals surface area (Å²) < 4.78 is 68.9. The summed E-state index contributed by atoms with van der Waals surface area (Å²) >= 11 is 5.54. The maximum atomic E-state index is 12.8. The van der Waals surface area contributed by atoms with E-state index in [0.717, 1.165) is 0 Å². The van der Waals surface area contributed by atoms with Crippen LogP contribution in [-0.4, -0.2) is 16.9 Å². The Morgan fingerprint density at radius 3 is 2.45 bits per heavy atom. The number of carbonyl (C=O) groups is 1. The fraction of sp³-hybridized carbons (Fsp3) is 0.200. The highest BCUT2D eigenvalue weighted by Crippen LogP contribution is 3.02. The lowest BCUT2D eigenvalue weighted by molar-refractivity contribution is -0.118. The van der Waals surface area contributed by atoms with Gasteiger partial charge in [-0.1, -0.05) is 31.0 Å². The smallest absolute Gasteiger partial charge is 0.310 e. The third kappa shape index (κ3) is 3.35. The van der Waals surface area contributed by atoms with Crippen molar-refractivity contribution in [3.8, 4) is 0 Å². The Kier molecular flexibility index (Phi) is 3.14. The fourth-order valence-corrected chi connectivity index (χ4v) is 2.50. The molecule has 2 aromatic rings. The van der Waals surface area contributed by atoms with E-state index in [-0.39, 0.29) is 23.7 Å². The van der Waals surface area contributed by atoms with Crippen molar-refractivity contribution in [1.82, 2.24) is 4.98 Å². The van der Waals surface area contributed by atoms with Crippen molar-refractivity contribution in [2.75, 3.05) is 5.32 Å². The zero-order valence-electron chi connectivity index (χ0n) is 10.7. The Hall–Kier alpha value is -1.75. The van der Waals surface area contributed by atoms with E-state index < -0.39 is 37.6 Å². The van der Waals surface area contributed by atoms with Gasteiger partial charge in [0.1, 0.15) is 16.5 Å². The second-order valence-electron chi connectivity index (χ2n) is 4.51. The van der Waals surface area contributed by atoms with Crippen molar-refractivity contribution < 1.29 is 28.6 Å². The van der Waals surface area contributed by atoms with Gasteiger partial charge in [0, 0.05) is 0 Å². The number of carbonyl (C=O) groups excluding carboxylic acids is 1. The summed E-state index contributed by atoms with van der Waals surface area (Å²) in [5.41, 5.74) is 4.12. The lowest BCUT2D eigenvalue weighted by atomic mass is 10.3. The number of oxazole rings is 1. The number of amides is 1. The Balaban J connectivity index is 2.56. The van der Waals surface area contributed by atoms with Crippen LogP contribution in [0, 0.1) is 0 Å². The highest BCUT2D eigenvalue weighted by Gasteiger charge is 2.65. The van der Waals surface area contributed by atoms with Crippen LogP contribution < -0.4 is 11.1 Å². The first kappa shape index (κ1) is 16.6. The molecule has 0 unspecified atom stereocenters. The van der Waals surface area contributed by atoms with Gasteiger partial charge in [-0.2, -0.15) is 4.98 Å². The molecule has 0 radical (unpaired) electrons. The molecule has 0 bridgehead atoms. The molecule has 0 saturated heterocycles. The van der Waals surface area contributed by atoms with Crippen LogP contribution in [0.15, 0.2) is 21.4 Å². The summed E-state index contributed by atoms with van der Waals surface area (Å²) in [7, 11) is -9.89. The van der Waals surface area contributed by atoms with Gasteiger partial charge in [0.25, 0.3) is 6.01 Å². The van der Waals surface area contributed by atoms with E-state index in [9.17, 15) is 24.2 Å². The van der Waals surface area contributed by atoms with Crippen LogP contribution >= 0.6 is 21.8 Å². The highest BCUT2D eigenvalue weighted by atomic mass is 35.5. The molecule has 0 aliphatic carbocycles. The van der Waals surface area contributed by atoms with Gasteiger partial charge >= 0.3 is 10.2 Å². The van der Waals surface area contributed by atoms with Crippen molar-refractivity contribution in [1.29, 1.82) is 0 Å². The maximum Gasteiger partial charge on any atom is 0.310 e. The first-order valence-electron chi connectivity index (χ1n) is 5.57. The van der Waals surface area contributed by atoms with E-state index in [1.165, 1.54) is 6.92 Å². The molecule has 1 heterocycles. The number of nitrogens with two attached hydrogens (primary N) is 1. The molecule has 3 N–H and O–H groups in total. The number of nitrogens with zero attached hydrogens (tertiary/aromatic N) is 1. The predicted molar refractivity (Wildman–Crippen MR) is 72.7 cm³/mol. The van der Waals surface area contributed by atoms with Crippen LogP contribution in [0.1, 0.15) is 6.92 Å². The zero-order chi connectivity index (χ0) is 17.0. The zero-order valence-corrected chi connectivity index (χ0v) is 12.3. The average Bonchev–Trinajstić information content (AvgIpc) is 2.68. The van der Waals surface area contributed by atoms with Crippen molar-refractivity contribution >= 4 is 44.8 Å². The molecule has 1 amide bonds. The summed E-state index contributed by atoms with van der Waals surface area (Å²) in [6.45, 7) is 1.35. The number of rotatable bonds is 4. The topological polar surface area (TPSA) is 81.2 Å². The van der Waals surface area contributed by atoms with Gasteiger partial charge < -0.3 is 15.5 Å². The summed E-state index contributed by atoms with van der Waals surface area (Å²) in [5.74, 6) is -0.777. The van der Waals surface area contributed by atoms with Crippen LogP contribution in [0.4, 0.5) is 25.4 Å². The van der Waals surface area contributed by atoms with Gasteiger partial charge in [-0.25, -0.2) is 0 Å². The van der Waals surface area contributed by atoms with E-state index in [4.69, 9.17) is 21.8 Å². The highest BCUT2D eigenvalue weighted by molar-refractivity contribution is 8.45. The molecule has 124 valence electrons. The van der Waals surface area contributed by atoms with Crippen molar-refractivity contribution in [2.45, 2.75) is 17.9 Å². The molecule has 1 aromatic carbocycles. The number of halogens is 6. The second-order valence-corrected chi connectivity index (χ2v) is 7.33. The van der Waals surface area contributed by atoms with E-state index in [1.807, 2.05) is 0 Å². The molecule has 2 rings (SSSR count). The molecular weight excluding hydrogens is 357 g/mol. The van der Waals surface area contributed by atoms with Crippen LogP contribution in [-0.2, 0) is 4.79 Å². The fourth-order valence-electron chi connectivity index (χ4n) is 1.51. The molecule has 5 nitrogen and oxygen atoms in total. The summed E-state index contributed by atoms with van der Waals surface area (Å²) in [4.78, 5) is 12.2. The monoisotopic (exact) mass is 365 g/mol. The number of fused-ring (bicyclic) bond motifs is 1. The molecule has 1 atom stereocenters. The van der Waals surface area contributed by atoms with Crippen LogP contribution in [0.25, 0.3) is 11.1 Å². The first-order chi connectivity index (χ1) is 9.67. The van der Waals surface area contributed by atoms with Crippen molar-refractivity contribution in [3.63, 3.8) is 0 Å². The second kappa shape index (κ2) is 4.16. The number of hydrogen-bond donors (Lipinski definition) is 2. The number of primary amides is 1. The van der Waals surface area contributed by atoms with Crippen molar-refractivity contribution in [2.24, 2.45) is 5.73 Å². The van der Waals surface area contributed by atoms with E-state index >= 15 is 0 Å². The van der Waals surface area contributed by atoms with Gasteiger partial charge in [0.15, 0.2) is 5.58 Å². The van der Waals surface area contributed by atoms with Gasteiger partial charge in [-0.05, 0) is 19.1 Å². The average molecular weight is 366 g/mol. The minimum absolute atomic E-state index is 0.0674. The van der Waals surface area contributed by atoms with Crippen LogP contribution in [0.3, 0.4) is 0 Å². The minimum Gasteiger partial charge on any atom is -0.422 e. The summed E-state index contributed by atoms with van der Waals surface area (Å²) in [6, 6.07) is -1.12. The Morgan fingerprint density at radius 2 is 1.95 bits per heavy atom. The Morgan fingerprint density at radius 1 is 1.36 bits per heavy atom. The van der Waals surface area contributed by atoms with Crippen LogP contribution in [0.2, 0.25) is 5.02 Å². The molecule has 0 spiro atoms. The third-order valence-electron chi connectivity index (χ3n) is 2.63. The summed E-state index contributed by atoms with van der Waals surface area (Å²) in [5, 5.41) is 1.68. The van der Waals surface area contributed by atoms with Gasteiger partial charge in [0.2, 0.25) is 5.91 Å². The normalized spacial score (nSPS) is 16.9. The molecule has 0 aliphatic heterocycles. The molecule has 22 heavy (non-hydrogen) atoms. The van der Waals surface area contributed by atoms with Gasteiger partial charge in [-0.15, -0.1) is 0 Å². The molecule has 0 aliphatic rings. The first-order valence-corrected chi connectivity index (χ1v) is 7.90. The van der Waals surface area contributed by atoms with Gasteiger partial charge in [-0.3, -0.25) is 4.79 Å². The standard InChI is InChI=1S/C10H9ClF5N3O2S/c1-4(9(17)20)18-10-19-7-3-5(22(12,13,14,15)16)2-6(11)8(7)21-10/h2-4H,1H3,(H2,17,20)(H,18,19)/t4-/m0/s1.